The maximum absolute atomic E-state index is 12.9. The van der Waals surface area contributed by atoms with Gasteiger partial charge in [-0.1, -0.05) is 48.5 Å². The zero-order chi connectivity index (χ0) is 12.1. The lowest BCUT2D eigenvalue weighted by Gasteiger charge is -2.08. The number of aliphatic hydroxyl groups excluding tert-OH is 1. The van der Waals surface area contributed by atoms with E-state index in [1.807, 2.05) is 30.3 Å². The van der Waals surface area contributed by atoms with Crippen LogP contribution in [0, 0.1) is 5.82 Å². The topological polar surface area (TPSA) is 20.2 Å². The van der Waals surface area contributed by atoms with Crippen LogP contribution in [-0.2, 0) is 0 Å². The monoisotopic (exact) mass is 228 g/mol. The smallest absolute Gasteiger partial charge is 0.123 e. The van der Waals surface area contributed by atoms with E-state index < -0.39 is 0 Å². The summed E-state index contributed by atoms with van der Waals surface area (Å²) in [5.41, 5.74) is 2.81. The summed E-state index contributed by atoms with van der Waals surface area (Å²) < 4.78 is 12.9. The van der Waals surface area contributed by atoms with Crippen LogP contribution in [0.4, 0.5) is 4.39 Å². The van der Waals surface area contributed by atoms with Gasteiger partial charge in [0.05, 0.1) is 6.61 Å². The van der Waals surface area contributed by atoms with Crippen LogP contribution in [0.2, 0.25) is 0 Å². The highest BCUT2D eigenvalue weighted by molar-refractivity contribution is 5.79. The van der Waals surface area contributed by atoms with Crippen molar-refractivity contribution in [2.45, 2.75) is 0 Å². The Hall–Kier alpha value is -1.93. The third-order valence-electron chi connectivity index (χ3n) is 2.54. The molecule has 0 aliphatic heterocycles. The Balaban J connectivity index is 2.44. The van der Waals surface area contributed by atoms with Crippen LogP contribution in [-0.4, -0.2) is 11.7 Å². The first-order chi connectivity index (χ1) is 8.31. The molecule has 0 atom stereocenters. The van der Waals surface area contributed by atoms with Crippen LogP contribution in [0.5, 0.6) is 0 Å². The van der Waals surface area contributed by atoms with Gasteiger partial charge in [-0.25, -0.2) is 4.39 Å². The van der Waals surface area contributed by atoms with Crippen molar-refractivity contribution in [3.8, 4) is 0 Å². The number of benzene rings is 2. The molecule has 0 heterocycles. The van der Waals surface area contributed by atoms with Crippen molar-refractivity contribution >= 4 is 5.57 Å². The van der Waals surface area contributed by atoms with E-state index in [1.54, 1.807) is 18.2 Å². The fourth-order valence-corrected chi connectivity index (χ4v) is 1.74. The van der Waals surface area contributed by atoms with Gasteiger partial charge < -0.3 is 5.11 Å². The summed E-state index contributed by atoms with van der Waals surface area (Å²) in [7, 11) is 0. The molecule has 2 aromatic rings. The summed E-state index contributed by atoms with van der Waals surface area (Å²) in [6, 6.07) is 16.0. The highest BCUT2D eigenvalue weighted by Gasteiger charge is 2.04. The summed E-state index contributed by atoms with van der Waals surface area (Å²) in [6.07, 6.45) is 1.72. The molecular weight excluding hydrogens is 215 g/mol. The molecule has 0 saturated heterocycles. The molecule has 0 spiro atoms. The molecule has 0 aliphatic carbocycles. The lowest BCUT2D eigenvalue weighted by atomic mass is 9.98. The van der Waals surface area contributed by atoms with E-state index in [0.29, 0.717) is 0 Å². The molecule has 17 heavy (non-hydrogen) atoms. The Bertz CT molecular complexity index is 500. The van der Waals surface area contributed by atoms with Crippen molar-refractivity contribution in [3.05, 3.63) is 77.6 Å². The Morgan fingerprint density at radius 2 is 1.53 bits per heavy atom. The Morgan fingerprint density at radius 3 is 2.12 bits per heavy atom. The molecule has 2 aromatic carbocycles. The first-order valence-corrected chi connectivity index (χ1v) is 5.43. The molecule has 1 N–H and O–H groups in total. The zero-order valence-corrected chi connectivity index (χ0v) is 9.31. The largest absolute Gasteiger partial charge is 0.392 e. The highest BCUT2D eigenvalue weighted by atomic mass is 19.1. The first-order valence-electron chi connectivity index (χ1n) is 5.43. The average Bonchev–Trinajstić information content (AvgIpc) is 2.38. The second-order valence-corrected chi connectivity index (χ2v) is 3.67. The second kappa shape index (κ2) is 5.41. The standard InChI is InChI=1S/C15H13FO/c16-14-8-6-13(7-9-14)15(10-11-17)12-4-2-1-3-5-12/h1-10,17H,11H2/b15-10+. The maximum atomic E-state index is 12.9. The minimum absolute atomic E-state index is 0.0401. The SMILES string of the molecule is OC/C=C(\c1ccccc1)c1ccc(F)cc1. The molecule has 0 unspecified atom stereocenters. The summed E-state index contributed by atoms with van der Waals surface area (Å²) in [4.78, 5) is 0. The normalized spacial score (nSPS) is 11.5. The minimum Gasteiger partial charge on any atom is -0.392 e. The fourth-order valence-electron chi connectivity index (χ4n) is 1.74. The van der Waals surface area contributed by atoms with Crippen LogP contribution in [0.15, 0.2) is 60.7 Å². The number of hydrogen-bond acceptors (Lipinski definition) is 1. The zero-order valence-electron chi connectivity index (χ0n) is 9.31. The van der Waals surface area contributed by atoms with E-state index in [-0.39, 0.29) is 12.4 Å². The van der Waals surface area contributed by atoms with E-state index in [9.17, 15) is 4.39 Å². The van der Waals surface area contributed by atoms with E-state index in [0.717, 1.165) is 16.7 Å². The van der Waals surface area contributed by atoms with Crippen molar-refractivity contribution in [2.75, 3.05) is 6.61 Å². The van der Waals surface area contributed by atoms with Gasteiger partial charge in [0.25, 0.3) is 0 Å². The number of rotatable bonds is 3. The number of aliphatic hydroxyl groups is 1. The van der Waals surface area contributed by atoms with Crippen LogP contribution in [0.3, 0.4) is 0 Å². The highest BCUT2D eigenvalue weighted by Crippen LogP contribution is 2.23. The molecule has 0 radical (unpaired) electrons. The average molecular weight is 228 g/mol. The van der Waals surface area contributed by atoms with Gasteiger partial charge >= 0.3 is 0 Å². The maximum Gasteiger partial charge on any atom is 0.123 e. The van der Waals surface area contributed by atoms with Crippen molar-refractivity contribution < 1.29 is 9.50 Å². The van der Waals surface area contributed by atoms with Gasteiger partial charge in [-0.2, -0.15) is 0 Å². The summed E-state index contributed by atoms with van der Waals surface area (Å²) >= 11 is 0. The van der Waals surface area contributed by atoms with Gasteiger partial charge in [0.2, 0.25) is 0 Å². The van der Waals surface area contributed by atoms with Crippen LogP contribution < -0.4 is 0 Å². The minimum atomic E-state index is -0.259. The van der Waals surface area contributed by atoms with E-state index >= 15 is 0 Å². The molecule has 0 aromatic heterocycles. The van der Waals surface area contributed by atoms with Crippen molar-refractivity contribution in [1.82, 2.24) is 0 Å². The molecule has 0 fully saturated rings. The van der Waals surface area contributed by atoms with E-state index in [2.05, 4.69) is 0 Å². The lowest BCUT2D eigenvalue weighted by Crippen LogP contribution is -1.90. The molecule has 0 saturated carbocycles. The van der Waals surface area contributed by atoms with Crippen LogP contribution in [0.1, 0.15) is 11.1 Å². The van der Waals surface area contributed by atoms with Gasteiger partial charge in [-0.3, -0.25) is 0 Å². The molecule has 0 bridgehead atoms. The molecule has 1 nitrogen and oxygen atoms in total. The third kappa shape index (κ3) is 2.80. The van der Waals surface area contributed by atoms with Crippen molar-refractivity contribution in [3.63, 3.8) is 0 Å². The molecule has 2 heteroatoms. The van der Waals surface area contributed by atoms with Gasteiger partial charge in [0.1, 0.15) is 5.82 Å². The first kappa shape index (κ1) is 11.6. The third-order valence-corrected chi connectivity index (χ3v) is 2.54. The van der Waals surface area contributed by atoms with Gasteiger partial charge in [0, 0.05) is 0 Å². The predicted molar refractivity (Wildman–Crippen MR) is 67.0 cm³/mol. The Morgan fingerprint density at radius 1 is 0.941 bits per heavy atom. The molecular formula is C15H13FO. The fraction of sp³-hybridized carbons (Fsp3) is 0.0667. The Kier molecular flexibility index (Phi) is 3.68. The number of hydrogen-bond donors (Lipinski definition) is 1. The number of halogens is 1. The molecule has 86 valence electrons. The van der Waals surface area contributed by atoms with Crippen LogP contribution >= 0.6 is 0 Å². The summed E-state index contributed by atoms with van der Waals surface area (Å²) in [6.45, 7) is -0.0401. The van der Waals surface area contributed by atoms with Crippen molar-refractivity contribution in [2.24, 2.45) is 0 Å². The Labute approximate surface area is 99.9 Å². The quantitative estimate of drug-likeness (QED) is 0.855. The summed E-state index contributed by atoms with van der Waals surface area (Å²) in [5, 5.41) is 9.06. The van der Waals surface area contributed by atoms with Gasteiger partial charge in [-0.05, 0) is 28.8 Å². The predicted octanol–water partition coefficient (Wildman–Crippen LogP) is 3.25. The second-order valence-electron chi connectivity index (χ2n) is 3.67. The molecule has 0 amide bonds. The van der Waals surface area contributed by atoms with Crippen LogP contribution in [0.25, 0.3) is 5.57 Å². The summed E-state index contributed by atoms with van der Waals surface area (Å²) in [5.74, 6) is -0.259. The van der Waals surface area contributed by atoms with Gasteiger partial charge in [-0.15, -0.1) is 0 Å². The lowest BCUT2D eigenvalue weighted by molar-refractivity contribution is 0.343. The molecule has 0 aliphatic rings. The van der Waals surface area contributed by atoms with Crippen molar-refractivity contribution in [1.29, 1.82) is 0 Å². The molecule has 2 rings (SSSR count). The van der Waals surface area contributed by atoms with E-state index in [1.165, 1.54) is 12.1 Å². The van der Waals surface area contributed by atoms with Gasteiger partial charge in [0.15, 0.2) is 0 Å². The van der Waals surface area contributed by atoms with E-state index in [4.69, 9.17) is 5.11 Å².